The van der Waals surface area contributed by atoms with Gasteiger partial charge in [-0.25, -0.2) is 0 Å². The van der Waals surface area contributed by atoms with Crippen molar-refractivity contribution in [2.75, 3.05) is 13.1 Å². The van der Waals surface area contributed by atoms with Crippen molar-refractivity contribution in [3.63, 3.8) is 0 Å². The van der Waals surface area contributed by atoms with Gasteiger partial charge in [0.05, 0.1) is 0 Å². The Hall–Kier alpha value is -0.120. The summed E-state index contributed by atoms with van der Waals surface area (Å²) in [6.07, 6.45) is 4.30. The van der Waals surface area contributed by atoms with Crippen LogP contribution in [0.3, 0.4) is 0 Å². The summed E-state index contributed by atoms with van der Waals surface area (Å²) in [6, 6.07) is 0.284. The van der Waals surface area contributed by atoms with Gasteiger partial charge in [-0.2, -0.15) is 0 Å². The lowest BCUT2D eigenvalue weighted by molar-refractivity contribution is -0.0318. The van der Waals surface area contributed by atoms with Gasteiger partial charge in [0, 0.05) is 19.1 Å². The zero-order valence-electron chi connectivity index (χ0n) is 7.45. The largest absolute Gasteiger partial charge is 0.378 e. The topological polar surface area (TPSA) is 49.5 Å². The van der Waals surface area contributed by atoms with E-state index in [9.17, 15) is 5.11 Å². The van der Waals surface area contributed by atoms with Crippen molar-refractivity contribution in [2.24, 2.45) is 11.7 Å². The molecule has 2 fully saturated rings. The normalized spacial score (nSPS) is 38.5. The molecule has 0 aromatic rings. The molecule has 2 unspecified atom stereocenters. The zero-order valence-corrected chi connectivity index (χ0v) is 7.45. The second-order valence-corrected chi connectivity index (χ2v) is 4.22. The fraction of sp³-hybridized carbons (Fsp3) is 1.00. The van der Waals surface area contributed by atoms with E-state index in [-0.39, 0.29) is 12.3 Å². The van der Waals surface area contributed by atoms with Crippen LogP contribution in [0.5, 0.6) is 0 Å². The van der Waals surface area contributed by atoms with Crippen molar-refractivity contribution in [1.82, 2.24) is 4.90 Å². The van der Waals surface area contributed by atoms with Crippen molar-refractivity contribution >= 4 is 0 Å². The summed E-state index contributed by atoms with van der Waals surface area (Å²) in [5, 5.41) is 9.63. The predicted octanol–water partition coefficient (Wildman–Crippen LogP) is 0.138. The zero-order chi connectivity index (χ0) is 8.55. The minimum atomic E-state index is -0.217. The minimum Gasteiger partial charge on any atom is -0.378 e. The first-order valence-corrected chi connectivity index (χ1v) is 4.93. The lowest BCUT2D eigenvalue weighted by atomic mass is 10.0. The van der Waals surface area contributed by atoms with Crippen molar-refractivity contribution in [3.8, 4) is 0 Å². The maximum Gasteiger partial charge on any atom is 0.107 e. The Labute approximate surface area is 73.5 Å². The van der Waals surface area contributed by atoms with Crippen molar-refractivity contribution in [1.29, 1.82) is 0 Å². The molecule has 3 nitrogen and oxygen atoms in total. The Morgan fingerprint density at radius 2 is 2.00 bits per heavy atom. The van der Waals surface area contributed by atoms with E-state index in [0.29, 0.717) is 0 Å². The van der Waals surface area contributed by atoms with Gasteiger partial charge in [0.25, 0.3) is 0 Å². The highest BCUT2D eigenvalue weighted by Gasteiger charge is 2.30. The van der Waals surface area contributed by atoms with Gasteiger partial charge in [0.1, 0.15) is 6.23 Å². The van der Waals surface area contributed by atoms with Gasteiger partial charge in [0.2, 0.25) is 0 Å². The molecule has 70 valence electrons. The lowest BCUT2D eigenvalue weighted by Gasteiger charge is -2.35. The molecule has 2 atom stereocenters. The highest BCUT2D eigenvalue weighted by molar-refractivity contribution is 4.83. The summed E-state index contributed by atoms with van der Waals surface area (Å²) in [5.74, 6) is 0.852. The number of nitrogens with zero attached hydrogens (tertiary/aromatic N) is 1. The second-order valence-electron chi connectivity index (χ2n) is 4.22. The quantitative estimate of drug-likeness (QED) is 0.619. The third-order valence-corrected chi connectivity index (χ3v) is 2.88. The molecule has 1 aliphatic carbocycles. The number of piperidine rings is 1. The number of likely N-dealkylation sites (tertiary alicyclic amines) is 1. The van der Waals surface area contributed by atoms with Gasteiger partial charge >= 0.3 is 0 Å². The van der Waals surface area contributed by atoms with Crippen molar-refractivity contribution < 1.29 is 5.11 Å². The van der Waals surface area contributed by atoms with Crippen LogP contribution in [0.15, 0.2) is 0 Å². The third kappa shape index (κ3) is 1.97. The Kier molecular flexibility index (Phi) is 2.35. The molecule has 2 aliphatic rings. The molecular formula is C9H18N2O. The summed E-state index contributed by atoms with van der Waals surface area (Å²) in [7, 11) is 0. The van der Waals surface area contributed by atoms with Crippen molar-refractivity contribution in [2.45, 2.75) is 38.0 Å². The maximum atomic E-state index is 9.63. The molecule has 1 saturated heterocycles. The molecule has 0 spiro atoms. The third-order valence-electron chi connectivity index (χ3n) is 2.88. The first-order chi connectivity index (χ1) is 5.75. The van der Waals surface area contributed by atoms with E-state index in [4.69, 9.17) is 5.73 Å². The monoisotopic (exact) mass is 170 g/mol. The summed E-state index contributed by atoms with van der Waals surface area (Å²) in [6.45, 7) is 1.95. The first kappa shape index (κ1) is 8.48. The Bertz CT molecular complexity index is 157. The molecule has 1 aliphatic heterocycles. The standard InChI is InChI=1S/C9H18N2O/c10-8-3-4-9(12)11(6-8)5-7-1-2-7/h7-9,12H,1-6,10H2. The number of hydrogen-bond acceptors (Lipinski definition) is 3. The number of aliphatic hydroxyl groups excluding tert-OH is 1. The summed E-state index contributed by atoms with van der Waals surface area (Å²) < 4.78 is 0. The fourth-order valence-corrected chi connectivity index (χ4v) is 1.89. The van der Waals surface area contributed by atoms with E-state index in [1.807, 2.05) is 0 Å². The van der Waals surface area contributed by atoms with E-state index < -0.39 is 0 Å². The van der Waals surface area contributed by atoms with Crippen LogP contribution in [0.25, 0.3) is 0 Å². The molecule has 2 rings (SSSR count). The van der Waals surface area contributed by atoms with E-state index in [0.717, 1.165) is 31.8 Å². The van der Waals surface area contributed by atoms with E-state index in [1.165, 1.54) is 12.8 Å². The highest BCUT2D eigenvalue weighted by atomic mass is 16.3. The van der Waals surface area contributed by atoms with Gasteiger partial charge in [-0.3, -0.25) is 4.90 Å². The Morgan fingerprint density at radius 3 is 2.67 bits per heavy atom. The molecule has 1 saturated carbocycles. The van der Waals surface area contributed by atoms with Gasteiger partial charge in [0.15, 0.2) is 0 Å². The summed E-state index contributed by atoms with van der Waals surface area (Å²) in [4.78, 5) is 2.14. The molecule has 0 aromatic heterocycles. The van der Waals surface area contributed by atoms with Crippen LogP contribution in [-0.4, -0.2) is 35.4 Å². The van der Waals surface area contributed by atoms with Gasteiger partial charge in [-0.1, -0.05) is 0 Å². The Balaban J connectivity index is 1.82. The molecular weight excluding hydrogens is 152 g/mol. The average Bonchev–Trinajstić information content (AvgIpc) is 2.81. The van der Waals surface area contributed by atoms with Crippen LogP contribution in [0, 0.1) is 5.92 Å². The number of nitrogens with two attached hydrogens (primary N) is 1. The SMILES string of the molecule is NC1CCC(O)N(CC2CC2)C1. The summed E-state index contributed by atoms with van der Waals surface area (Å²) >= 11 is 0. The molecule has 0 bridgehead atoms. The van der Waals surface area contributed by atoms with Crippen LogP contribution < -0.4 is 5.73 Å². The van der Waals surface area contributed by atoms with Gasteiger partial charge in [-0.15, -0.1) is 0 Å². The van der Waals surface area contributed by atoms with E-state index in [2.05, 4.69) is 4.90 Å². The van der Waals surface area contributed by atoms with Crippen LogP contribution in [0.4, 0.5) is 0 Å². The number of rotatable bonds is 2. The average molecular weight is 170 g/mol. The Morgan fingerprint density at radius 1 is 1.25 bits per heavy atom. The van der Waals surface area contributed by atoms with E-state index >= 15 is 0 Å². The predicted molar refractivity (Wildman–Crippen MR) is 47.5 cm³/mol. The van der Waals surface area contributed by atoms with Crippen molar-refractivity contribution in [3.05, 3.63) is 0 Å². The fourth-order valence-electron chi connectivity index (χ4n) is 1.89. The molecule has 0 radical (unpaired) electrons. The van der Waals surface area contributed by atoms with Crippen LogP contribution >= 0.6 is 0 Å². The highest BCUT2D eigenvalue weighted by Crippen LogP contribution is 2.31. The van der Waals surface area contributed by atoms with Crippen LogP contribution in [0.2, 0.25) is 0 Å². The molecule has 3 N–H and O–H groups in total. The molecule has 0 aromatic carbocycles. The molecule has 1 heterocycles. The minimum absolute atomic E-state index is 0.217. The van der Waals surface area contributed by atoms with Gasteiger partial charge < -0.3 is 10.8 Å². The molecule has 12 heavy (non-hydrogen) atoms. The molecule has 3 heteroatoms. The second kappa shape index (κ2) is 3.32. The van der Waals surface area contributed by atoms with Crippen LogP contribution in [-0.2, 0) is 0 Å². The van der Waals surface area contributed by atoms with E-state index in [1.54, 1.807) is 0 Å². The number of hydrogen-bond donors (Lipinski definition) is 2. The van der Waals surface area contributed by atoms with Crippen LogP contribution in [0.1, 0.15) is 25.7 Å². The maximum absolute atomic E-state index is 9.63. The summed E-state index contributed by atoms with van der Waals surface area (Å²) in [5.41, 5.74) is 5.83. The van der Waals surface area contributed by atoms with Gasteiger partial charge in [-0.05, 0) is 31.6 Å². The molecule has 0 amide bonds. The lowest BCUT2D eigenvalue weighted by Crippen LogP contribution is -2.49. The first-order valence-electron chi connectivity index (χ1n) is 4.93. The number of aliphatic hydroxyl groups is 1. The smallest absolute Gasteiger partial charge is 0.107 e.